The molecule has 0 radical (unpaired) electrons. The van der Waals surface area contributed by atoms with Crippen molar-refractivity contribution in [3.63, 3.8) is 0 Å². The quantitative estimate of drug-likeness (QED) is 0.908. The molecular weight excluding hydrogens is 253 g/mol. The SMILES string of the molecule is CC(C)NCc1cccn1Cc1cc(F)cc(C#N)c1. The third-order valence-electron chi connectivity index (χ3n) is 3.05. The summed E-state index contributed by atoms with van der Waals surface area (Å²) in [4.78, 5) is 0. The molecule has 0 bridgehead atoms. The maximum absolute atomic E-state index is 13.4. The Hall–Kier alpha value is -2.12. The van der Waals surface area contributed by atoms with Crippen molar-refractivity contribution in [2.45, 2.75) is 33.0 Å². The molecule has 0 aliphatic rings. The van der Waals surface area contributed by atoms with Crippen LogP contribution < -0.4 is 5.32 Å². The lowest BCUT2D eigenvalue weighted by molar-refractivity contribution is 0.563. The molecule has 1 aromatic carbocycles. The van der Waals surface area contributed by atoms with Gasteiger partial charge in [-0.3, -0.25) is 0 Å². The van der Waals surface area contributed by atoms with E-state index < -0.39 is 0 Å². The Morgan fingerprint density at radius 2 is 2.15 bits per heavy atom. The maximum atomic E-state index is 13.4. The van der Waals surface area contributed by atoms with E-state index in [1.54, 1.807) is 6.07 Å². The minimum absolute atomic E-state index is 0.356. The molecule has 3 nitrogen and oxygen atoms in total. The Morgan fingerprint density at radius 3 is 2.85 bits per heavy atom. The van der Waals surface area contributed by atoms with Crippen molar-refractivity contribution in [2.75, 3.05) is 0 Å². The number of benzene rings is 1. The molecule has 0 aliphatic heterocycles. The molecular formula is C16H18FN3. The number of halogens is 1. The summed E-state index contributed by atoms with van der Waals surface area (Å²) in [7, 11) is 0. The second kappa shape index (κ2) is 6.36. The molecule has 2 aromatic rings. The van der Waals surface area contributed by atoms with E-state index in [4.69, 9.17) is 5.26 Å². The van der Waals surface area contributed by atoms with Crippen LogP contribution in [0.5, 0.6) is 0 Å². The lowest BCUT2D eigenvalue weighted by Gasteiger charge is -2.12. The van der Waals surface area contributed by atoms with Crippen molar-refractivity contribution in [2.24, 2.45) is 0 Å². The van der Waals surface area contributed by atoms with Crippen LogP contribution in [0.25, 0.3) is 0 Å². The van der Waals surface area contributed by atoms with Crippen LogP contribution in [0, 0.1) is 17.1 Å². The molecule has 1 N–H and O–H groups in total. The fourth-order valence-corrected chi connectivity index (χ4v) is 2.08. The van der Waals surface area contributed by atoms with Crippen molar-refractivity contribution in [1.29, 1.82) is 5.26 Å². The predicted octanol–water partition coefficient (Wildman–Crippen LogP) is 3.05. The second-order valence-electron chi connectivity index (χ2n) is 5.12. The predicted molar refractivity (Wildman–Crippen MR) is 76.6 cm³/mol. The number of hydrogen-bond donors (Lipinski definition) is 1. The van der Waals surface area contributed by atoms with Gasteiger partial charge in [0, 0.05) is 31.0 Å². The Morgan fingerprint density at radius 1 is 1.35 bits per heavy atom. The van der Waals surface area contributed by atoms with Gasteiger partial charge in [0.25, 0.3) is 0 Å². The van der Waals surface area contributed by atoms with Gasteiger partial charge in [-0.25, -0.2) is 4.39 Å². The van der Waals surface area contributed by atoms with Crippen LogP contribution in [0.3, 0.4) is 0 Å². The van der Waals surface area contributed by atoms with Gasteiger partial charge in [-0.1, -0.05) is 13.8 Å². The zero-order chi connectivity index (χ0) is 14.5. The Labute approximate surface area is 118 Å². The molecule has 1 aromatic heterocycles. The zero-order valence-electron chi connectivity index (χ0n) is 11.7. The first-order valence-corrected chi connectivity index (χ1v) is 6.65. The summed E-state index contributed by atoms with van der Waals surface area (Å²) >= 11 is 0. The van der Waals surface area contributed by atoms with Gasteiger partial charge in [-0.05, 0) is 35.9 Å². The fraction of sp³-hybridized carbons (Fsp3) is 0.312. The molecule has 4 heteroatoms. The first-order chi connectivity index (χ1) is 9.58. The number of nitrogens with one attached hydrogen (secondary N) is 1. The van der Waals surface area contributed by atoms with Crippen molar-refractivity contribution in [1.82, 2.24) is 9.88 Å². The van der Waals surface area contributed by atoms with Crippen LogP contribution in [0.2, 0.25) is 0 Å². The fourth-order valence-electron chi connectivity index (χ4n) is 2.08. The van der Waals surface area contributed by atoms with Gasteiger partial charge in [0.05, 0.1) is 11.6 Å². The monoisotopic (exact) mass is 271 g/mol. The molecule has 0 amide bonds. The highest BCUT2D eigenvalue weighted by Gasteiger charge is 2.05. The van der Waals surface area contributed by atoms with E-state index in [1.165, 1.54) is 12.1 Å². The van der Waals surface area contributed by atoms with Crippen LogP contribution in [-0.2, 0) is 13.1 Å². The molecule has 0 aliphatic carbocycles. The molecule has 0 saturated heterocycles. The third kappa shape index (κ3) is 3.69. The number of hydrogen-bond acceptors (Lipinski definition) is 2. The standard InChI is InChI=1S/C16H18FN3/c1-12(2)19-10-16-4-3-5-20(16)11-14-6-13(9-18)7-15(17)8-14/h3-8,12,19H,10-11H2,1-2H3. The smallest absolute Gasteiger partial charge is 0.124 e. The largest absolute Gasteiger partial charge is 0.346 e. The summed E-state index contributed by atoms with van der Waals surface area (Å²) in [5, 5.41) is 12.2. The summed E-state index contributed by atoms with van der Waals surface area (Å²) < 4.78 is 15.5. The van der Waals surface area contributed by atoms with Gasteiger partial charge in [0.1, 0.15) is 5.82 Å². The van der Waals surface area contributed by atoms with E-state index in [9.17, 15) is 4.39 Å². The molecule has 0 unspecified atom stereocenters. The van der Waals surface area contributed by atoms with E-state index in [0.29, 0.717) is 18.2 Å². The van der Waals surface area contributed by atoms with Gasteiger partial charge < -0.3 is 9.88 Å². The highest BCUT2D eigenvalue weighted by molar-refractivity contribution is 5.34. The van der Waals surface area contributed by atoms with Crippen molar-refractivity contribution in [3.05, 3.63) is 59.2 Å². The highest BCUT2D eigenvalue weighted by atomic mass is 19.1. The van der Waals surface area contributed by atoms with Gasteiger partial charge in [0.2, 0.25) is 0 Å². The lowest BCUT2D eigenvalue weighted by atomic mass is 10.1. The highest BCUT2D eigenvalue weighted by Crippen LogP contribution is 2.12. The normalized spacial score (nSPS) is 10.8. The summed E-state index contributed by atoms with van der Waals surface area (Å²) in [6.07, 6.45) is 1.97. The lowest BCUT2D eigenvalue weighted by Crippen LogP contribution is -2.23. The van der Waals surface area contributed by atoms with Crippen molar-refractivity contribution < 1.29 is 4.39 Å². The molecule has 0 saturated carbocycles. The van der Waals surface area contributed by atoms with Gasteiger partial charge in [-0.2, -0.15) is 5.26 Å². The Bertz CT molecular complexity index is 623. The molecule has 20 heavy (non-hydrogen) atoms. The zero-order valence-corrected chi connectivity index (χ0v) is 11.7. The van der Waals surface area contributed by atoms with E-state index in [1.807, 2.05) is 24.4 Å². The van der Waals surface area contributed by atoms with Gasteiger partial charge in [0.15, 0.2) is 0 Å². The van der Waals surface area contributed by atoms with Crippen LogP contribution in [0.1, 0.15) is 30.7 Å². The average molecular weight is 271 g/mol. The molecule has 0 fully saturated rings. The minimum atomic E-state index is -0.368. The number of aromatic nitrogens is 1. The van der Waals surface area contributed by atoms with E-state index in [-0.39, 0.29) is 5.82 Å². The summed E-state index contributed by atoms with van der Waals surface area (Å²) in [5.74, 6) is -0.368. The third-order valence-corrected chi connectivity index (χ3v) is 3.05. The molecule has 0 spiro atoms. The number of rotatable bonds is 5. The Kier molecular flexibility index (Phi) is 4.54. The van der Waals surface area contributed by atoms with Crippen molar-refractivity contribution in [3.8, 4) is 6.07 Å². The molecule has 1 heterocycles. The van der Waals surface area contributed by atoms with E-state index >= 15 is 0 Å². The Balaban J connectivity index is 2.16. The second-order valence-corrected chi connectivity index (χ2v) is 5.12. The summed E-state index contributed by atoms with van der Waals surface area (Å²) in [6, 6.07) is 10.9. The first-order valence-electron chi connectivity index (χ1n) is 6.65. The van der Waals surface area contributed by atoms with Crippen LogP contribution >= 0.6 is 0 Å². The van der Waals surface area contributed by atoms with Crippen LogP contribution in [0.15, 0.2) is 36.5 Å². The van der Waals surface area contributed by atoms with Crippen LogP contribution in [0.4, 0.5) is 4.39 Å². The molecule has 0 atom stereocenters. The number of nitriles is 1. The van der Waals surface area contributed by atoms with Gasteiger partial charge >= 0.3 is 0 Å². The van der Waals surface area contributed by atoms with Crippen LogP contribution in [-0.4, -0.2) is 10.6 Å². The summed E-state index contributed by atoms with van der Waals surface area (Å²) in [6.45, 7) is 5.53. The van der Waals surface area contributed by atoms with E-state index in [0.717, 1.165) is 17.8 Å². The van der Waals surface area contributed by atoms with E-state index in [2.05, 4.69) is 23.7 Å². The minimum Gasteiger partial charge on any atom is -0.346 e. The van der Waals surface area contributed by atoms with Crippen molar-refractivity contribution >= 4 is 0 Å². The van der Waals surface area contributed by atoms with Gasteiger partial charge in [-0.15, -0.1) is 0 Å². The average Bonchev–Trinajstić information content (AvgIpc) is 2.83. The maximum Gasteiger partial charge on any atom is 0.124 e. The molecule has 2 rings (SSSR count). The topological polar surface area (TPSA) is 40.8 Å². The first kappa shape index (κ1) is 14.3. The summed E-state index contributed by atoms with van der Waals surface area (Å²) in [5.41, 5.74) is 2.29. The molecule has 104 valence electrons. The number of nitrogens with zero attached hydrogens (tertiary/aromatic N) is 2.